The number of carboxylic acid groups (broad SMARTS) is 1. The molecule has 0 radical (unpaired) electrons. The summed E-state index contributed by atoms with van der Waals surface area (Å²) in [6.45, 7) is 1.79. The maximum atomic E-state index is 10.9. The molecule has 2 aromatic heterocycles. The van der Waals surface area contributed by atoms with Gasteiger partial charge in [0.2, 0.25) is 0 Å². The Morgan fingerprint density at radius 2 is 2.38 bits per heavy atom. The number of nitrogens with zero attached hydrogens (tertiary/aromatic N) is 3. The van der Waals surface area contributed by atoms with Crippen LogP contribution in [0.4, 0.5) is 0 Å². The van der Waals surface area contributed by atoms with Crippen molar-refractivity contribution in [3.05, 3.63) is 29.8 Å². The molecule has 0 bridgehead atoms. The second-order valence-corrected chi connectivity index (χ2v) is 4.91. The van der Waals surface area contributed by atoms with Gasteiger partial charge < -0.3 is 5.11 Å². The zero-order chi connectivity index (χ0) is 11.5. The van der Waals surface area contributed by atoms with E-state index in [9.17, 15) is 4.79 Å². The molecule has 0 saturated heterocycles. The van der Waals surface area contributed by atoms with Gasteiger partial charge in [0.15, 0.2) is 10.0 Å². The molecule has 5 nitrogen and oxygen atoms in total. The smallest absolute Gasteiger partial charge is 0.355 e. The maximum Gasteiger partial charge on any atom is 0.355 e. The minimum atomic E-state index is -1.04. The molecular weight excluding hydrogens is 246 g/mol. The van der Waals surface area contributed by atoms with Crippen LogP contribution in [0.2, 0.25) is 0 Å². The minimum absolute atomic E-state index is 0.0420. The molecule has 0 unspecified atom stereocenters. The summed E-state index contributed by atoms with van der Waals surface area (Å²) in [5.74, 6) is -0.349. The Kier molecular flexibility index (Phi) is 3.16. The third-order valence-corrected chi connectivity index (χ3v) is 3.57. The molecule has 2 heterocycles. The van der Waals surface area contributed by atoms with Gasteiger partial charge in [-0.3, -0.25) is 0 Å². The van der Waals surface area contributed by atoms with E-state index in [0.29, 0.717) is 15.1 Å². The number of hydrogen-bond acceptors (Lipinski definition) is 6. The number of aromatic carboxylic acids is 1. The highest BCUT2D eigenvalue weighted by atomic mass is 32.2. The highest BCUT2D eigenvalue weighted by molar-refractivity contribution is 8.01. The van der Waals surface area contributed by atoms with Gasteiger partial charge in [-0.2, -0.15) is 4.37 Å². The van der Waals surface area contributed by atoms with Crippen molar-refractivity contribution in [1.82, 2.24) is 14.3 Å². The summed E-state index contributed by atoms with van der Waals surface area (Å²) in [6, 6.07) is 3.40. The van der Waals surface area contributed by atoms with Crippen molar-refractivity contribution in [2.75, 3.05) is 0 Å². The Balaban J connectivity index is 2.31. The van der Waals surface area contributed by atoms with Gasteiger partial charge in [-0.1, -0.05) is 11.8 Å². The molecule has 0 amide bonds. The standard InChI is InChI=1S/C9H7N3O2S2/c1-5-11-9(16-12-5)15-6-3-2-4-10-7(6)8(13)14/h2-4H,1H3,(H,13,14). The Labute approximate surface area is 99.7 Å². The highest BCUT2D eigenvalue weighted by Gasteiger charge is 2.13. The van der Waals surface area contributed by atoms with Crippen LogP contribution in [0.1, 0.15) is 16.3 Å². The van der Waals surface area contributed by atoms with E-state index in [2.05, 4.69) is 14.3 Å². The van der Waals surface area contributed by atoms with Gasteiger partial charge in [0.05, 0.1) is 0 Å². The van der Waals surface area contributed by atoms with Gasteiger partial charge in [0.1, 0.15) is 5.82 Å². The summed E-state index contributed by atoms with van der Waals surface area (Å²) in [6.07, 6.45) is 1.46. The SMILES string of the molecule is Cc1nsc(Sc2cccnc2C(=O)O)n1. The second kappa shape index (κ2) is 4.58. The fraction of sp³-hybridized carbons (Fsp3) is 0.111. The van der Waals surface area contributed by atoms with Crippen LogP contribution in [-0.2, 0) is 0 Å². The summed E-state index contributed by atoms with van der Waals surface area (Å²) in [7, 11) is 0. The second-order valence-electron chi connectivity index (χ2n) is 2.86. The molecule has 82 valence electrons. The molecule has 0 saturated carbocycles. The Morgan fingerprint density at radius 3 is 3.00 bits per heavy atom. The van der Waals surface area contributed by atoms with Crippen LogP contribution in [0.25, 0.3) is 0 Å². The third kappa shape index (κ3) is 2.37. The summed E-state index contributed by atoms with van der Waals surface area (Å²) in [4.78, 5) is 19.5. The van der Waals surface area contributed by atoms with Gasteiger partial charge in [-0.25, -0.2) is 14.8 Å². The number of aromatic nitrogens is 3. The van der Waals surface area contributed by atoms with Crippen molar-refractivity contribution in [2.45, 2.75) is 16.2 Å². The van der Waals surface area contributed by atoms with Crippen molar-refractivity contribution in [1.29, 1.82) is 0 Å². The molecule has 0 aromatic carbocycles. The largest absolute Gasteiger partial charge is 0.476 e. The first kappa shape index (κ1) is 11.0. The van der Waals surface area contributed by atoms with Crippen molar-refractivity contribution in [3.8, 4) is 0 Å². The average molecular weight is 253 g/mol. The molecule has 0 aliphatic heterocycles. The molecule has 1 N–H and O–H groups in total. The highest BCUT2D eigenvalue weighted by Crippen LogP contribution is 2.30. The van der Waals surface area contributed by atoms with Crippen LogP contribution < -0.4 is 0 Å². The van der Waals surface area contributed by atoms with E-state index in [0.717, 1.165) is 0 Å². The molecule has 0 aliphatic rings. The normalized spacial score (nSPS) is 10.3. The topological polar surface area (TPSA) is 76.0 Å². The molecule has 16 heavy (non-hydrogen) atoms. The molecule has 0 fully saturated rings. The van der Waals surface area contributed by atoms with E-state index in [1.54, 1.807) is 19.1 Å². The van der Waals surface area contributed by atoms with Gasteiger partial charge in [0, 0.05) is 11.1 Å². The first-order chi connectivity index (χ1) is 7.66. The number of carbonyl (C=O) groups is 1. The van der Waals surface area contributed by atoms with Crippen molar-refractivity contribution < 1.29 is 9.90 Å². The number of hydrogen-bond donors (Lipinski definition) is 1. The van der Waals surface area contributed by atoms with Crippen LogP contribution in [0.3, 0.4) is 0 Å². The number of rotatable bonds is 3. The van der Waals surface area contributed by atoms with Crippen LogP contribution >= 0.6 is 23.3 Å². The van der Waals surface area contributed by atoms with Crippen LogP contribution in [-0.4, -0.2) is 25.4 Å². The first-order valence-corrected chi connectivity index (χ1v) is 5.92. The van der Waals surface area contributed by atoms with E-state index < -0.39 is 5.97 Å². The zero-order valence-corrected chi connectivity index (χ0v) is 9.88. The fourth-order valence-corrected chi connectivity index (χ4v) is 2.75. The summed E-state index contributed by atoms with van der Waals surface area (Å²) < 4.78 is 4.74. The zero-order valence-electron chi connectivity index (χ0n) is 8.25. The molecule has 7 heteroatoms. The summed E-state index contributed by atoms with van der Waals surface area (Å²) >= 11 is 2.51. The number of pyridine rings is 1. The van der Waals surface area contributed by atoms with E-state index >= 15 is 0 Å². The monoisotopic (exact) mass is 253 g/mol. The van der Waals surface area contributed by atoms with Gasteiger partial charge in [-0.15, -0.1) is 0 Å². The number of aryl methyl sites for hydroxylation is 1. The third-order valence-electron chi connectivity index (χ3n) is 1.68. The lowest BCUT2D eigenvalue weighted by Crippen LogP contribution is -2.01. The molecular formula is C9H7N3O2S2. The van der Waals surface area contributed by atoms with Crippen LogP contribution in [0.5, 0.6) is 0 Å². The first-order valence-electron chi connectivity index (χ1n) is 4.33. The molecule has 2 aromatic rings. The Bertz CT molecular complexity index is 527. The van der Waals surface area contributed by atoms with Crippen LogP contribution in [0, 0.1) is 6.92 Å². The van der Waals surface area contributed by atoms with Crippen molar-refractivity contribution >= 4 is 29.3 Å². The van der Waals surface area contributed by atoms with E-state index in [1.807, 2.05) is 0 Å². The maximum absolute atomic E-state index is 10.9. The predicted molar refractivity (Wildman–Crippen MR) is 60.0 cm³/mol. The number of carboxylic acids is 1. The van der Waals surface area contributed by atoms with Crippen molar-refractivity contribution in [3.63, 3.8) is 0 Å². The quantitative estimate of drug-likeness (QED) is 0.902. The lowest BCUT2D eigenvalue weighted by atomic mass is 10.3. The predicted octanol–water partition coefficient (Wildman–Crippen LogP) is 2.09. The summed E-state index contributed by atoms with van der Waals surface area (Å²) in [5, 5.41) is 8.94. The molecule has 0 aliphatic carbocycles. The Morgan fingerprint density at radius 1 is 1.56 bits per heavy atom. The Hall–Kier alpha value is -1.47. The van der Waals surface area contributed by atoms with Gasteiger partial charge in [-0.05, 0) is 30.6 Å². The molecule has 0 atom stereocenters. The lowest BCUT2D eigenvalue weighted by molar-refractivity contribution is 0.0686. The molecule has 0 spiro atoms. The lowest BCUT2D eigenvalue weighted by Gasteiger charge is -2.00. The van der Waals surface area contributed by atoms with E-state index in [4.69, 9.17) is 5.11 Å². The van der Waals surface area contributed by atoms with Crippen molar-refractivity contribution in [2.24, 2.45) is 0 Å². The summed E-state index contributed by atoms with van der Waals surface area (Å²) in [5.41, 5.74) is 0.0420. The van der Waals surface area contributed by atoms with E-state index in [-0.39, 0.29) is 5.69 Å². The van der Waals surface area contributed by atoms with Gasteiger partial charge in [0.25, 0.3) is 0 Å². The molecule has 2 rings (SSSR count). The fourth-order valence-electron chi connectivity index (χ4n) is 1.05. The average Bonchev–Trinajstić information content (AvgIpc) is 2.64. The van der Waals surface area contributed by atoms with Crippen LogP contribution in [0.15, 0.2) is 27.6 Å². The minimum Gasteiger partial charge on any atom is -0.476 e. The van der Waals surface area contributed by atoms with Gasteiger partial charge >= 0.3 is 5.97 Å². The van der Waals surface area contributed by atoms with E-state index in [1.165, 1.54) is 29.5 Å².